The first kappa shape index (κ1) is 11.5. The number of benzene rings is 1. The number of aryl methyl sites for hydroxylation is 1. The van der Waals surface area contributed by atoms with Crippen molar-refractivity contribution in [2.75, 3.05) is 0 Å². The van der Waals surface area contributed by atoms with Crippen LogP contribution in [-0.4, -0.2) is 16.1 Å². The molecule has 0 saturated heterocycles. The minimum atomic E-state index is -0.448. The van der Waals surface area contributed by atoms with Crippen molar-refractivity contribution >= 4 is 17.2 Å². The number of carbonyl (C=O) groups is 1. The molecule has 2 N–H and O–H groups in total. The van der Waals surface area contributed by atoms with Crippen molar-refractivity contribution in [2.24, 2.45) is 5.73 Å². The molecule has 2 rings (SSSR count). The van der Waals surface area contributed by atoms with Gasteiger partial charge < -0.3 is 10.5 Å². The Morgan fingerprint density at radius 2 is 2.06 bits per heavy atom. The summed E-state index contributed by atoms with van der Waals surface area (Å²) in [6.45, 7) is 2.27. The number of hydrogen-bond donors (Lipinski definition) is 1. The molecule has 0 fully saturated rings. The van der Waals surface area contributed by atoms with Gasteiger partial charge in [-0.15, -0.1) is 10.2 Å². The van der Waals surface area contributed by atoms with Gasteiger partial charge in [0.05, 0.1) is 0 Å². The number of carbonyl (C=O) groups excluding carboxylic acids is 1. The molecule has 17 heavy (non-hydrogen) atoms. The van der Waals surface area contributed by atoms with E-state index < -0.39 is 5.91 Å². The minimum Gasteiger partial charge on any atom is -0.486 e. The lowest BCUT2D eigenvalue weighted by Crippen LogP contribution is -2.10. The van der Waals surface area contributed by atoms with E-state index in [0.717, 1.165) is 10.0 Å². The number of primary amides is 1. The number of nitrogens with zero attached hydrogens (tertiary/aromatic N) is 2. The molecule has 1 aromatic heterocycles. The smallest absolute Gasteiger partial charge is 0.248 e. The molecule has 5 nitrogen and oxygen atoms in total. The van der Waals surface area contributed by atoms with Crippen LogP contribution in [0.5, 0.6) is 5.75 Å². The van der Waals surface area contributed by atoms with Gasteiger partial charge in [0.25, 0.3) is 0 Å². The molecule has 0 aliphatic carbocycles. The van der Waals surface area contributed by atoms with E-state index in [9.17, 15) is 4.79 Å². The van der Waals surface area contributed by atoms with Crippen LogP contribution < -0.4 is 10.5 Å². The van der Waals surface area contributed by atoms with Crippen LogP contribution in [-0.2, 0) is 6.61 Å². The molecule has 88 valence electrons. The zero-order chi connectivity index (χ0) is 12.3. The van der Waals surface area contributed by atoms with Gasteiger partial charge in [0.2, 0.25) is 5.91 Å². The highest BCUT2D eigenvalue weighted by atomic mass is 32.1. The summed E-state index contributed by atoms with van der Waals surface area (Å²) in [4.78, 5) is 10.9. The number of rotatable bonds is 4. The monoisotopic (exact) mass is 249 g/mol. The van der Waals surface area contributed by atoms with Gasteiger partial charge in [-0.25, -0.2) is 0 Å². The molecule has 1 aromatic carbocycles. The summed E-state index contributed by atoms with van der Waals surface area (Å²) in [5, 5.41) is 9.57. The molecular formula is C11H11N3O2S. The van der Waals surface area contributed by atoms with Gasteiger partial charge in [-0.3, -0.25) is 4.79 Å². The second-order valence-corrected chi connectivity index (χ2v) is 4.66. The maximum absolute atomic E-state index is 10.9. The largest absolute Gasteiger partial charge is 0.486 e. The Bertz CT molecular complexity index is 522. The Hall–Kier alpha value is -1.95. The number of amides is 1. The average Bonchev–Trinajstić information content (AvgIpc) is 2.73. The van der Waals surface area contributed by atoms with E-state index in [2.05, 4.69) is 10.2 Å². The fourth-order valence-electron chi connectivity index (χ4n) is 1.26. The molecule has 1 heterocycles. The van der Waals surface area contributed by atoms with Gasteiger partial charge in [0, 0.05) is 5.56 Å². The van der Waals surface area contributed by atoms with E-state index in [1.54, 1.807) is 24.3 Å². The first-order valence-corrected chi connectivity index (χ1v) is 5.78. The predicted octanol–water partition coefficient (Wildman–Crippen LogP) is 1.52. The molecule has 2 aromatic rings. The van der Waals surface area contributed by atoms with Crippen LogP contribution in [0.2, 0.25) is 0 Å². The Balaban J connectivity index is 1.97. The molecule has 0 spiro atoms. The van der Waals surface area contributed by atoms with E-state index >= 15 is 0 Å². The van der Waals surface area contributed by atoms with E-state index in [-0.39, 0.29) is 0 Å². The highest BCUT2D eigenvalue weighted by molar-refractivity contribution is 7.11. The first-order valence-electron chi connectivity index (χ1n) is 4.97. The molecule has 6 heteroatoms. The Kier molecular flexibility index (Phi) is 3.34. The number of aromatic nitrogens is 2. The second kappa shape index (κ2) is 4.92. The van der Waals surface area contributed by atoms with Crippen molar-refractivity contribution in [3.8, 4) is 5.75 Å². The van der Waals surface area contributed by atoms with Gasteiger partial charge in [-0.2, -0.15) is 0 Å². The van der Waals surface area contributed by atoms with Gasteiger partial charge in [0.15, 0.2) is 5.01 Å². The maximum atomic E-state index is 10.9. The van der Waals surface area contributed by atoms with Crippen LogP contribution in [0, 0.1) is 6.92 Å². The van der Waals surface area contributed by atoms with Crippen molar-refractivity contribution in [3.05, 3.63) is 39.8 Å². The van der Waals surface area contributed by atoms with E-state index in [1.165, 1.54) is 11.3 Å². The van der Waals surface area contributed by atoms with Crippen LogP contribution in [0.25, 0.3) is 0 Å². The van der Waals surface area contributed by atoms with E-state index in [0.29, 0.717) is 17.9 Å². The van der Waals surface area contributed by atoms with E-state index in [1.807, 2.05) is 6.92 Å². The molecule has 0 aliphatic heterocycles. The summed E-state index contributed by atoms with van der Waals surface area (Å²) in [5.74, 6) is 0.221. The van der Waals surface area contributed by atoms with Crippen molar-refractivity contribution in [3.63, 3.8) is 0 Å². The highest BCUT2D eigenvalue weighted by Gasteiger charge is 2.03. The third kappa shape index (κ3) is 3.01. The zero-order valence-corrected chi connectivity index (χ0v) is 10.0. The zero-order valence-electron chi connectivity index (χ0n) is 9.21. The van der Waals surface area contributed by atoms with Crippen LogP contribution in [0.1, 0.15) is 20.4 Å². The summed E-state index contributed by atoms with van der Waals surface area (Å²) in [6.07, 6.45) is 0. The molecule has 0 atom stereocenters. The van der Waals surface area contributed by atoms with Crippen molar-refractivity contribution in [2.45, 2.75) is 13.5 Å². The van der Waals surface area contributed by atoms with Crippen LogP contribution in [0.3, 0.4) is 0 Å². The van der Waals surface area contributed by atoms with Crippen molar-refractivity contribution in [1.29, 1.82) is 0 Å². The summed E-state index contributed by atoms with van der Waals surface area (Å²) < 4.78 is 5.50. The topological polar surface area (TPSA) is 78.1 Å². The highest BCUT2D eigenvalue weighted by Crippen LogP contribution is 2.15. The summed E-state index contributed by atoms with van der Waals surface area (Å²) in [7, 11) is 0. The molecule has 1 amide bonds. The predicted molar refractivity (Wildman–Crippen MR) is 63.9 cm³/mol. The lowest BCUT2D eigenvalue weighted by molar-refractivity contribution is 0.100. The molecule has 0 radical (unpaired) electrons. The van der Waals surface area contributed by atoms with Crippen LogP contribution in [0.15, 0.2) is 24.3 Å². The first-order chi connectivity index (χ1) is 8.15. The molecule has 0 aliphatic rings. The Morgan fingerprint density at radius 1 is 1.35 bits per heavy atom. The van der Waals surface area contributed by atoms with Crippen LogP contribution >= 0.6 is 11.3 Å². The quantitative estimate of drug-likeness (QED) is 0.891. The molecule has 0 bridgehead atoms. The van der Waals surface area contributed by atoms with Crippen LogP contribution in [0.4, 0.5) is 0 Å². The maximum Gasteiger partial charge on any atom is 0.248 e. The molecular weight excluding hydrogens is 238 g/mol. The number of ether oxygens (including phenoxy) is 1. The summed E-state index contributed by atoms with van der Waals surface area (Å²) in [6, 6.07) is 6.66. The van der Waals surface area contributed by atoms with Crippen molar-refractivity contribution < 1.29 is 9.53 Å². The van der Waals surface area contributed by atoms with Gasteiger partial charge in [-0.1, -0.05) is 11.3 Å². The summed E-state index contributed by atoms with van der Waals surface area (Å²) in [5.41, 5.74) is 5.60. The third-order valence-corrected chi connectivity index (χ3v) is 2.88. The van der Waals surface area contributed by atoms with Crippen molar-refractivity contribution in [1.82, 2.24) is 10.2 Å². The average molecular weight is 249 g/mol. The lowest BCUT2D eigenvalue weighted by atomic mass is 10.2. The SMILES string of the molecule is Cc1nnc(COc2ccc(C(N)=O)cc2)s1. The normalized spacial score (nSPS) is 10.2. The minimum absolute atomic E-state index is 0.376. The summed E-state index contributed by atoms with van der Waals surface area (Å²) >= 11 is 1.49. The molecule has 0 unspecified atom stereocenters. The fourth-order valence-corrected chi connectivity index (χ4v) is 1.88. The van der Waals surface area contributed by atoms with E-state index in [4.69, 9.17) is 10.5 Å². The number of nitrogens with two attached hydrogens (primary N) is 1. The molecule has 0 saturated carbocycles. The third-order valence-electron chi connectivity index (χ3n) is 2.07. The fraction of sp³-hybridized carbons (Fsp3) is 0.182. The second-order valence-electron chi connectivity index (χ2n) is 3.39. The number of hydrogen-bond acceptors (Lipinski definition) is 5. The van der Waals surface area contributed by atoms with Gasteiger partial charge >= 0.3 is 0 Å². The Labute approximate surface area is 102 Å². The Morgan fingerprint density at radius 3 is 2.59 bits per heavy atom. The standard InChI is InChI=1S/C11H11N3O2S/c1-7-13-14-10(17-7)6-16-9-4-2-8(3-5-9)11(12)15/h2-5H,6H2,1H3,(H2,12,15). The van der Waals surface area contributed by atoms with Gasteiger partial charge in [0.1, 0.15) is 17.4 Å². The lowest BCUT2D eigenvalue weighted by Gasteiger charge is -2.03. The van der Waals surface area contributed by atoms with Gasteiger partial charge in [-0.05, 0) is 31.2 Å².